The molecule has 0 aromatic heterocycles. The molecule has 0 heterocycles. The quantitative estimate of drug-likeness (QED) is 0.666. The summed E-state index contributed by atoms with van der Waals surface area (Å²) in [6.07, 6.45) is 5.24. The average Bonchev–Trinajstić information content (AvgIpc) is 2.03. The topological polar surface area (TPSA) is 26.0 Å². The Labute approximate surface area is 82.4 Å². The van der Waals surface area contributed by atoms with E-state index in [-0.39, 0.29) is 0 Å². The first-order chi connectivity index (χ1) is 6.13. The van der Waals surface area contributed by atoms with Crippen LogP contribution in [-0.4, -0.2) is 6.54 Å². The van der Waals surface area contributed by atoms with E-state index < -0.39 is 0 Å². The van der Waals surface area contributed by atoms with Gasteiger partial charge in [-0.3, -0.25) is 0 Å². The molecule has 1 heteroatoms. The van der Waals surface area contributed by atoms with Gasteiger partial charge in [0.1, 0.15) is 0 Å². The molecule has 0 amide bonds. The van der Waals surface area contributed by atoms with Gasteiger partial charge < -0.3 is 5.73 Å². The van der Waals surface area contributed by atoms with Crippen LogP contribution in [0.15, 0.2) is 12.2 Å². The van der Waals surface area contributed by atoms with Crippen LogP contribution in [0.5, 0.6) is 0 Å². The van der Waals surface area contributed by atoms with Gasteiger partial charge in [-0.05, 0) is 50.5 Å². The summed E-state index contributed by atoms with van der Waals surface area (Å²) in [6.45, 7) is 9.36. The van der Waals surface area contributed by atoms with Gasteiger partial charge in [-0.25, -0.2) is 0 Å². The third kappa shape index (κ3) is 3.15. The highest BCUT2D eigenvalue weighted by Crippen LogP contribution is 2.36. The summed E-state index contributed by atoms with van der Waals surface area (Å²) in [7, 11) is 0. The zero-order valence-corrected chi connectivity index (χ0v) is 9.05. The van der Waals surface area contributed by atoms with Crippen molar-refractivity contribution < 1.29 is 0 Å². The summed E-state index contributed by atoms with van der Waals surface area (Å²) in [5.41, 5.74) is 7.10. The second-order valence-corrected chi connectivity index (χ2v) is 4.84. The largest absolute Gasteiger partial charge is 0.330 e. The van der Waals surface area contributed by atoms with E-state index in [1.54, 1.807) is 0 Å². The van der Waals surface area contributed by atoms with Crippen LogP contribution in [0.2, 0.25) is 0 Å². The minimum absolute atomic E-state index is 0.757. The fourth-order valence-electron chi connectivity index (χ4n) is 2.57. The molecule has 1 aliphatic carbocycles. The summed E-state index contributed by atoms with van der Waals surface area (Å²) in [5, 5.41) is 0. The Bertz CT molecular complexity index is 174. The van der Waals surface area contributed by atoms with Crippen molar-refractivity contribution in [2.24, 2.45) is 23.5 Å². The predicted molar refractivity (Wildman–Crippen MR) is 58.5 cm³/mol. The predicted octanol–water partition coefficient (Wildman–Crippen LogP) is 2.96. The van der Waals surface area contributed by atoms with Crippen LogP contribution < -0.4 is 5.73 Å². The first-order valence-corrected chi connectivity index (χ1v) is 5.48. The van der Waals surface area contributed by atoms with Crippen LogP contribution in [0.3, 0.4) is 0 Å². The molecule has 13 heavy (non-hydrogen) atoms. The van der Waals surface area contributed by atoms with E-state index in [1.807, 2.05) is 0 Å². The van der Waals surface area contributed by atoms with Gasteiger partial charge >= 0.3 is 0 Å². The van der Waals surface area contributed by atoms with Crippen molar-refractivity contribution in [2.75, 3.05) is 6.54 Å². The second-order valence-electron chi connectivity index (χ2n) is 4.84. The molecule has 1 saturated carbocycles. The molecule has 3 unspecified atom stereocenters. The van der Waals surface area contributed by atoms with Crippen LogP contribution in [0.25, 0.3) is 0 Å². The van der Waals surface area contributed by atoms with E-state index in [0.29, 0.717) is 0 Å². The average molecular weight is 181 g/mol. The SMILES string of the molecule is C=C(C)CC1CC(C)CCC1CN. The van der Waals surface area contributed by atoms with Crippen LogP contribution in [0.1, 0.15) is 39.5 Å². The third-order valence-corrected chi connectivity index (χ3v) is 3.32. The lowest BCUT2D eigenvalue weighted by Crippen LogP contribution is -2.29. The van der Waals surface area contributed by atoms with E-state index in [9.17, 15) is 0 Å². The second kappa shape index (κ2) is 4.80. The monoisotopic (exact) mass is 181 g/mol. The number of hydrogen-bond donors (Lipinski definition) is 1. The van der Waals surface area contributed by atoms with Gasteiger partial charge in [0, 0.05) is 0 Å². The molecule has 76 valence electrons. The minimum Gasteiger partial charge on any atom is -0.330 e. The van der Waals surface area contributed by atoms with Gasteiger partial charge in [0.2, 0.25) is 0 Å². The lowest BCUT2D eigenvalue weighted by Gasteiger charge is -2.34. The maximum Gasteiger partial charge on any atom is -0.00461 e. The molecule has 3 atom stereocenters. The highest BCUT2D eigenvalue weighted by Gasteiger charge is 2.27. The minimum atomic E-state index is 0.757. The van der Waals surface area contributed by atoms with Gasteiger partial charge in [-0.15, -0.1) is 6.58 Å². The van der Waals surface area contributed by atoms with E-state index in [4.69, 9.17) is 5.73 Å². The molecule has 1 rings (SSSR count). The van der Waals surface area contributed by atoms with Crippen molar-refractivity contribution in [3.05, 3.63) is 12.2 Å². The zero-order valence-electron chi connectivity index (χ0n) is 9.05. The fraction of sp³-hybridized carbons (Fsp3) is 0.833. The molecule has 0 bridgehead atoms. The Morgan fingerprint density at radius 1 is 1.38 bits per heavy atom. The molecule has 2 N–H and O–H groups in total. The van der Waals surface area contributed by atoms with Crippen molar-refractivity contribution in [3.8, 4) is 0 Å². The maximum absolute atomic E-state index is 5.79. The van der Waals surface area contributed by atoms with Crippen molar-refractivity contribution in [1.29, 1.82) is 0 Å². The molecule has 0 spiro atoms. The number of nitrogens with two attached hydrogens (primary N) is 1. The van der Waals surface area contributed by atoms with E-state index in [0.717, 1.165) is 24.3 Å². The summed E-state index contributed by atoms with van der Waals surface area (Å²) in [5.74, 6) is 2.46. The molecular formula is C12H23N. The van der Waals surface area contributed by atoms with Crippen molar-refractivity contribution in [2.45, 2.75) is 39.5 Å². The van der Waals surface area contributed by atoms with E-state index in [2.05, 4.69) is 20.4 Å². The molecule has 0 aromatic rings. The fourth-order valence-corrected chi connectivity index (χ4v) is 2.57. The molecular weight excluding hydrogens is 158 g/mol. The summed E-state index contributed by atoms with van der Waals surface area (Å²) >= 11 is 0. The Morgan fingerprint density at radius 2 is 2.08 bits per heavy atom. The van der Waals surface area contributed by atoms with Crippen LogP contribution in [0, 0.1) is 17.8 Å². The van der Waals surface area contributed by atoms with Gasteiger partial charge in [-0.2, -0.15) is 0 Å². The van der Waals surface area contributed by atoms with Crippen LogP contribution >= 0.6 is 0 Å². The summed E-state index contributed by atoms with van der Waals surface area (Å²) in [4.78, 5) is 0. The molecule has 0 aromatic carbocycles. The lowest BCUT2D eigenvalue weighted by atomic mass is 9.72. The summed E-state index contributed by atoms with van der Waals surface area (Å²) in [6, 6.07) is 0. The van der Waals surface area contributed by atoms with Crippen molar-refractivity contribution in [3.63, 3.8) is 0 Å². The van der Waals surface area contributed by atoms with Gasteiger partial charge in [0.25, 0.3) is 0 Å². The molecule has 0 radical (unpaired) electrons. The van der Waals surface area contributed by atoms with E-state index in [1.165, 1.54) is 31.3 Å². The third-order valence-electron chi connectivity index (χ3n) is 3.32. The molecule has 1 fully saturated rings. The Morgan fingerprint density at radius 3 is 2.62 bits per heavy atom. The standard InChI is InChI=1S/C12H23N/c1-9(2)6-12-7-10(3)4-5-11(12)8-13/h10-12H,1,4-8,13H2,2-3H3. The van der Waals surface area contributed by atoms with Crippen molar-refractivity contribution >= 4 is 0 Å². The zero-order chi connectivity index (χ0) is 9.84. The molecule has 0 saturated heterocycles. The van der Waals surface area contributed by atoms with Crippen molar-refractivity contribution in [1.82, 2.24) is 0 Å². The normalized spacial score (nSPS) is 34.5. The number of allylic oxidation sites excluding steroid dienone is 1. The first-order valence-electron chi connectivity index (χ1n) is 5.48. The van der Waals surface area contributed by atoms with Gasteiger partial charge in [0.15, 0.2) is 0 Å². The highest BCUT2D eigenvalue weighted by atomic mass is 14.6. The van der Waals surface area contributed by atoms with Gasteiger partial charge in [0.05, 0.1) is 0 Å². The van der Waals surface area contributed by atoms with Crippen LogP contribution in [0.4, 0.5) is 0 Å². The Kier molecular flexibility index (Phi) is 3.98. The number of rotatable bonds is 3. The maximum atomic E-state index is 5.79. The number of hydrogen-bond acceptors (Lipinski definition) is 1. The highest BCUT2D eigenvalue weighted by molar-refractivity contribution is 4.94. The smallest absolute Gasteiger partial charge is 0.00461 e. The lowest BCUT2D eigenvalue weighted by molar-refractivity contribution is 0.193. The first kappa shape index (κ1) is 10.8. The molecule has 1 aliphatic rings. The molecule has 0 aliphatic heterocycles. The van der Waals surface area contributed by atoms with Gasteiger partial charge in [-0.1, -0.05) is 18.9 Å². The molecule has 1 nitrogen and oxygen atoms in total. The Hall–Kier alpha value is -0.300. The van der Waals surface area contributed by atoms with Crippen LogP contribution in [-0.2, 0) is 0 Å². The van der Waals surface area contributed by atoms with E-state index >= 15 is 0 Å². The summed E-state index contributed by atoms with van der Waals surface area (Å²) < 4.78 is 0. The Balaban J connectivity index is 2.49.